The first-order valence-corrected chi connectivity index (χ1v) is 35.1. The van der Waals surface area contributed by atoms with E-state index in [0.29, 0.717) is 91.4 Å². The number of rotatable bonds is 24. The highest BCUT2D eigenvalue weighted by atomic mass is 31.2. The second-order valence-corrected chi connectivity index (χ2v) is 28.4. The van der Waals surface area contributed by atoms with Crippen LogP contribution in [0.4, 0.5) is 0 Å². The standard InChI is InChI=1S/C52H86N12O14P4/c1-44-7-13-50-46(33-44)9-11-48(54-50)35-56-17-25-60(40-79(67,68)69)29-21-58(22-30-61(26-18-56)41-80(70,71)72)37-52(66)53-15-5-3-4-6-16-64(39-65)38-59-23-31-62(42-81(73,74)75)27-19-57(20-28-63(32-24-59)43-82(76,77)78)36-49-12-10-47-34-45(2)8-14-51(47)55-49/h7-14,33-34,39H,3-6,15-32,35-38,40-43H2,1-2H3,(H,53,66)(H2,67,68,69)(H2,70,71,72)(H2,73,74,75)(H2,76,77,78). The molecule has 2 amide bonds. The zero-order valence-corrected chi connectivity index (χ0v) is 50.9. The molecule has 2 aromatic carbocycles. The van der Waals surface area contributed by atoms with Crippen molar-refractivity contribution in [3.05, 3.63) is 83.2 Å². The Labute approximate surface area is 481 Å². The smallest absolute Gasteiger partial charge is 0.339 e. The molecule has 2 aromatic heterocycles. The van der Waals surface area contributed by atoms with E-state index in [1.807, 2.05) is 78.2 Å². The first-order chi connectivity index (χ1) is 38.7. The molecule has 30 heteroatoms. The van der Waals surface area contributed by atoms with Crippen molar-refractivity contribution in [1.29, 1.82) is 0 Å². The maximum atomic E-state index is 13.4. The molecule has 6 rings (SSSR count). The highest BCUT2D eigenvalue weighted by molar-refractivity contribution is 7.52. The fraction of sp³-hybridized carbons (Fsp3) is 0.615. The van der Waals surface area contributed by atoms with Crippen molar-refractivity contribution in [2.45, 2.75) is 52.6 Å². The summed E-state index contributed by atoms with van der Waals surface area (Å²) >= 11 is 0. The van der Waals surface area contributed by atoms with E-state index in [0.717, 1.165) is 63.6 Å². The van der Waals surface area contributed by atoms with E-state index in [-0.39, 0.29) is 71.5 Å². The molecule has 9 N–H and O–H groups in total. The molecule has 0 unspecified atom stereocenters. The lowest BCUT2D eigenvalue weighted by Crippen LogP contribution is -2.48. The van der Waals surface area contributed by atoms with Crippen LogP contribution in [0.2, 0.25) is 0 Å². The maximum Gasteiger partial charge on any atom is 0.339 e. The van der Waals surface area contributed by atoms with Crippen molar-refractivity contribution < 1.29 is 67.0 Å². The van der Waals surface area contributed by atoms with Gasteiger partial charge in [0, 0.05) is 142 Å². The molecule has 82 heavy (non-hydrogen) atoms. The fourth-order valence-electron chi connectivity index (χ4n) is 10.3. The largest absolute Gasteiger partial charge is 0.355 e. The van der Waals surface area contributed by atoms with Gasteiger partial charge in [-0.1, -0.05) is 48.2 Å². The Morgan fingerprint density at radius 3 is 1.22 bits per heavy atom. The van der Waals surface area contributed by atoms with Crippen molar-refractivity contribution >= 4 is 64.5 Å². The molecular weight excluding hydrogens is 1140 g/mol. The maximum absolute atomic E-state index is 13.4. The number of unbranched alkanes of at least 4 members (excludes halogenated alkanes) is 3. The molecule has 0 bridgehead atoms. The third-order valence-electron chi connectivity index (χ3n) is 14.6. The highest BCUT2D eigenvalue weighted by Gasteiger charge is 2.28. The summed E-state index contributed by atoms with van der Waals surface area (Å²) in [4.78, 5) is 132. The molecule has 0 radical (unpaired) electrons. The molecule has 0 atom stereocenters. The minimum Gasteiger partial charge on any atom is -0.355 e. The van der Waals surface area contributed by atoms with Gasteiger partial charge in [-0.05, 0) is 63.1 Å². The van der Waals surface area contributed by atoms with Crippen LogP contribution in [0, 0.1) is 13.8 Å². The first kappa shape index (κ1) is 67.6. The number of aromatic nitrogens is 2. The number of nitrogens with one attached hydrogen (secondary N) is 1. The predicted octanol–water partition coefficient (Wildman–Crippen LogP) is 2.18. The lowest BCUT2D eigenvalue weighted by Gasteiger charge is -2.35. The van der Waals surface area contributed by atoms with Crippen LogP contribution in [0.1, 0.15) is 48.2 Å². The van der Waals surface area contributed by atoms with Gasteiger partial charge in [-0.3, -0.25) is 77.0 Å². The number of hydrogen-bond donors (Lipinski definition) is 9. The van der Waals surface area contributed by atoms with Crippen molar-refractivity contribution in [2.75, 3.05) is 156 Å². The molecule has 4 aromatic rings. The average molecular weight is 1230 g/mol. The predicted molar refractivity (Wildman–Crippen MR) is 315 cm³/mol. The van der Waals surface area contributed by atoms with E-state index < -0.39 is 55.5 Å². The zero-order chi connectivity index (χ0) is 59.5. The zero-order valence-electron chi connectivity index (χ0n) is 47.3. The molecule has 458 valence electrons. The average Bonchev–Trinajstić information content (AvgIpc) is 3.60. The Morgan fingerprint density at radius 2 is 0.841 bits per heavy atom. The quantitative estimate of drug-likeness (QED) is 0.0276. The van der Waals surface area contributed by atoms with E-state index in [1.165, 1.54) is 0 Å². The SMILES string of the molecule is Cc1ccc2nc(CN3CCN(CP(=O)(O)O)CCN(CC(=O)NCCCCCCN(C=O)CN4CCN(CP(=O)(O)O)CCN(Cc5ccc6cc(C)ccc6n5)CCN(CP(=O)(O)O)CC4)CCN(CP(=O)(O)O)CC3)ccc2c1. The summed E-state index contributed by atoms with van der Waals surface area (Å²) in [6, 6.07) is 19.9. The van der Waals surface area contributed by atoms with Crippen LogP contribution >= 0.6 is 30.4 Å². The van der Waals surface area contributed by atoms with Gasteiger partial charge >= 0.3 is 30.4 Å². The first-order valence-electron chi connectivity index (χ1n) is 27.9. The molecule has 2 saturated heterocycles. The number of aryl methyl sites for hydroxylation is 2. The van der Waals surface area contributed by atoms with E-state index in [1.54, 1.807) is 24.5 Å². The van der Waals surface area contributed by atoms with Crippen molar-refractivity contribution in [3.63, 3.8) is 0 Å². The highest BCUT2D eigenvalue weighted by Crippen LogP contribution is 2.37. The molecular formula is C52H86N12O14P4. The minimum absolute atomic E-state index is 0.0479. The summed E-state index contributed by atoms with van der Waals surface area (Å²) in [5.41, 5.74) is 5.46. The second-order valence-electron chi connectivity index (χ2n) is 22.0. The van der Waals surface area contributed by atoms with Gasteiger partial charge in [-0.15, -0.1) is 0 Å². The number of amides is 2. The van der Waals surface area contributed by atoms with Crippen LogP contribution < -0.4 is 5.32 Å². The Morgan fingerprint density at radius 1 is 0.488 bits per heavy atom. The minimum atomic E-state index is -4.46. The van der Waals surface area contributed by atoms with Crippen molar-refractivity contribution in [2.24, 2.45) is 0 Å². The number of fused-ring (bicyclic) bond motifs is 2. The summed E-state index contributed by atoms with van der Waals surface area (Å²) < 4.78 is 49.3. The number of nitrogens with zero attached hydrogens (tertiary/aromatic N) is 11. The van der Waals surface area contributed by atoms with Gasteiger partial charge in [0.05, 0.1) is 35.6 Å². The third-order valence-corrected chi connectivity index (χ3v) is 17.6. The van der Waals surface area contributed by atoms with Gasteiger partial charge < -0.3 is 49.4 Å². The Balaban J connectivity index is 0.984. The topological polar surface area (TPSA) is 331 Å². The van der Waals surface area contributed by atoms with Crippen LogP contribution in [0.5, 0.6) is 0 Å². The summed E-state index contributed by atoms with van der Waals surface area (Å²) in [5.74, 6) is -0.276. The van der Waals surface area contributed by atoms with Crippen LogP contribution in [-0.2, 0) is 40.9 Å². The van der Waals surface area contributed by atoms with Crippen LogP contribution in [0.3, 0.4) is 0 Å². The van der Waals surface area contributed by atoms with Crippen LogP contribution in [0.15, 0.2) is 60.7 Å². The number of pyridine rings is 2. The summed E-state index contributed by atoms with van der Waals surface area (Å²) in [7, 11) is -17.8. The summed E-state index contributed by atoms with van der Waals surface area (Å²) in [6.45, 7) is 10.6. The molecule has 26 nitrogen and oxygen atoms in total. The number of benzene rings is 2. The third kappa shape index (κ3) is 26.4. The summed E-state index contributed by atoms with van der Waals surface area (Å²) in [6.07, 6.45) is 1.59. The molecule has 2 aliphatic rings. The fourth-order valence-corrected chi connectivity index (χ4v) is 13.5. The Bertz CT molecular complexity index is 2800. The molecule has 2 fully saturated rings. The van der Waals surface area contributed by atoms with E-state index in [9.17, 15) is 67.0 Å². The normalized spacial score (nSPS) is 18.4. The molecule has 4 heterocycles. The van der Waals surface area contributed by atoms with Gasteiger partial charge in [0.25, 0.3) is 0 Å². The van der Waals surface area contributed by atoms with Gasteiger partial charge in [0.2, 0.25) is 12.3 Å². The lowest BCUT2D eigenvalue weighted by molar-refractivity contribution is -0.122. The van der Waals surface area contributed by atoms with E-state index in [4.69, 9.17) is 9.97 Å². The van der Waals surface area contributed by atoms with Crippen molar-refractivity contribution in [3.8, 4) is 0 Å². The van der Waals surface area contributed by atoms with Gasteiger partial charge in [0.1, 0.15) is 25.1 Å². The number of hydrogen-bond acceptors (Lipinski definition) is 16. The van der Waals surface area contributed by atoms with E-state index >= 15 is 0 Å². The van der Waals surface area contributed by atoms with Crippen molar-refractivity contribution in [1.82, 2.24) is 59.4 Å². The Hall–Kier alpha value is -3.52. The Kier molecular flexibility index (Phi) is 26.6. The molecule has 0 aliphatic carbocycles. The molecule has 0 saturated carbocycles. The van der Waals surface area contributed by atoms with Gasteiger partial charge in [0.15, 0.2) is 0 Å². The van der Waals surface area contributed by atoms with Crippen LogP contribution in [0.25, 0.3) is 21.8 Å². The second kappa shape index (κ2) is 32.3. The summed E-state index contributed by atoms with van der Waals surface area (Å²) in [5, 5.41) is 4.95. The van der Waals surface area contributed by atoms with Crippen LogP contribution in [-0.4, -0.2) is 262 Å². The number of carbonyl (C=O) groups excluding carboxylic acids is 2. The molecule has 2 aliphatic heterocycles. The number of carbonyl (C=O) groups is 2. The lowest BCUT2D eigenvalue weighted by atomic mass is 10.1. The van der Waals surface area contributed by atoms with Gasteiger partial charge in [-0.2, -0.15) is 0 Å². The van der Waals surface area contributed by atoms with Gasteiger partial charge in [-0.25, -0.2) is 0 Å². The molecule has 0 spiro atoms. The monoisotopic (exact) mass is 1230 g/mol. The van der Waals surface area contributed by atoms with E-state index in [2.05, 4.69) is 21.2 Å².